The number of hydrogen-bond acceptors (Lipinski definition) is 6. The summed E-state index contributed by atoms with van der Waals surface area (Å²) in [7, 11) is 0. The number of amides is 3. The topological polar surface area (TPSA) is 247 Å². The number of hydrogen-bond donors (Lipinski definition) is 9. The van der Waals surface area contributed by atoms with Crippen LogP contribution in [0.2, 0.25) is 0 Å². The highest BCUT2D eigenvalue weighted by Gasteiger charge is 2.32. The second kappa shape index (κ2) is 17.0. The molecule has 2 aromatic heterocycles. The van der Waals surface area contributed by atoms with Crippen molar-refractivity contribution in [2.24, 2.45) is 22.2 Å². The van der Waals surface area contributed by atoms with Gasteiger partial charge in [-0.15, -0.1) is 0 Å². The molecule has 0 radical (unpaired) electrons. The lowest BCUT2D eigenvalue weighted by Crippen LogP contribution is -2.58. The van der Waals surface area contributed by atoms with Crippen LogP contribution in [0, 0.1) is 0 Å². The molecule has 2 heterocycles. The number of nitrogens with one attached hydrogen (secondary N) is 5. The molecule has 3 amide bonds. The molecular formula is C37H43N9O5. The first-order valence-electron chi connectivity index (χ1n) is 16.7. The van der Waals surface area contributed by atoms with Gasteiger partial charge in [0, 0.05) is 60.0 Å². The van der Waals surface area contributed by atoms with Crippen molar-refractivity contribution in [2.45, 2.75) is 56.3 Å². The number of guanidine groups is 1. The normalized spacial score (nSPS) is 13.5. The second-order valence-corrected chi connectivity index (χ2v) is 12.4. The molecule has 4 atom stereocenters. The van der Waals surface area contributed by atoms with Crippen LogP contribution in [-0.2, 0) is 38.4 Å². The fraction of sp³-hybridized carbons (Fsp3) is 0.270. The zero-order chi connectivity index (χ0) is 36.3. The van der Waals surface area contributed by atoms with Gasteiger partial charge in [0.05, 0.1) is 6.04 Å². The van der Waals surface area contributed by atoms with Gasteiger partial charge in [0.15, 0.2) is 5.96 Å². The lowest BCUT2D eigenvalue weighted by molar-refractivity contribution is -0.142. The minimum atomic E-state index is -1.26. The number of aliphatic carboxylic acids is 1. The van der Waals surface area contributed by atoms with Crippen LogP contribution in [-0.4, -0.2) is 75.4 Å². The number of para-hydroxylation sites is 2. The summed E-state index contributed by atoms with van der Waals surface area (Å²) in [5, 5.41) is 20.0. The fourth-order valence-corrected chi connectivity index (χ4v) is 5.98. The summed E-state index contributed by atoms with van der Waals surface area (Å²) in [5.74, 6) is -3.18. The Morgan fingerprint density at radius 1 is 0.667 bits per heavy atom. The summed E-state index contributed by atoms with van der Waals surface area (Å²) >= 11 is 0. The molecule has 266 valence electrons. The first kappa shape index (κ1) is 36.1. The second-order valence-electron chi connectivity index (χ2n) is 12.4. The summed E-state index contributed by atoms with van der Waals surface area (Å²) in [6.45, 7) is 0.287. The SMILES string of the molecule is NC(N)=NCCCC(N)C(=O)NC(Cc1c[nH]c2ccccc12)C(=O)NC(Cc1c[nH]c2ccccc12)C(=O)NC(Cc1ccccc1)C(=O)O. The van der Waals surface area contributed by atoms with E-state index in [9.17, 15) is 24.3 Å². The van der Waals surface area contributed by atoms with Crippen LogP contribution >= 0.6 is 0 Å². The first-order chi connectivity index (χ1) is 24.6. The van der Waals surface area contributed by atoms with Gasteiger partial charge in [-0.3, -0.25) is 19.4 Å². The molecule has 12 N–H and O–H groups in total. The van der Waals surface area contributed by atoms with Gasteiger partial charge in [-0.05, 0) is 41.7 Å². The molecule has 0 bridgehead atoms. The van der Waals surface area contributed by atoms with Crippen LogP contribution in [0.15, 0.2) is 96.2 Å². The van der Waals surface area contributed by atoms with Crippen molar-refractivity contribution in [1.82, 2.24) is 25.9 Å². The lowest BCUT2D eigenvalue weighted by atomic mass is 10.0. The monoisotopic (exact) mass is 693 g/mol. The molecule has 51 heavy (non-hydrogen) atoms. The summed E-state index contributed by atoms with van der Waals surface area (Å²) in [4.78, 5) is 64.0. The van der Waals surface area contributed by atoms with Crippen molar-refractivity contribution in [3.8, 4) is 0 Å². The predicted molar refractivity (Wildman–Crippen MR) is 195 cm³/mol. The Morgan fingerprint density at radius 3 is 1.69 bits per heavy atom. The van der Waals surface area contributed by atoms with E-state index in [-0.39, 0.29) is 38.2 Å². The van der Waals surface area contributed by atoms with E-state index in [0.29, 0.717) is 6.42 Å². The Labute approximate surface area is 294 Å². The number of fused-ring (bicyclic) bond motifs is 2. The van der Waals surface area contributed by atoms with Crippen molar-refractivity contribution >= 4 is 51.5 Å². The van der Waals surface area contributed by atoms with Crippen LogP contribution < -0.4 is 33.2 Å². The molecule has 0 saturated carbocycles. The Hall–Kier alpha value is -6.15. The maximum absolute atomic E-state index is 14.2. The van der Waals surface area contributed by atoms with Crippen molar-refractivity contribution in [1.29, 1.82) is 0 Å². The van der Waals surface area contributed by atoms with Crippen molar-refractivity contribution < 1.29 is 24.3 Å². The van der Waals surface area contributed by atoms with Crippen LogP contribution in [0.1, 0.15) is 29.5 Å². The molecule has 5 aromatic rings. The summed E-state index contributed by atoms with van der Waals surface area (Å²) in [5.41, 5.74) is 20.9. The molecule has 0 spiro atoms. The molecule has 0 aliphatic rings. The number of nitrogens with two attached hydrogens (primary N) is 3. The number of carbonyl (C=O) groups is 4. The highest BCUT2D eigenvalue weighted by molar-refractivity contribution is 5.95. The highest BCUT2D eigenvalue weighted by atomic mass is 16.4. The number of benzene rings is 3. The number of H-pyrrole nitrogens is 2. The largest absolute Gasteiger partial charge is 0.480 e. The van der Waals surface area contributed by atoms with Crippen molar-refractivity contribution in [3.63, 3.8) is 0 Å². The van der Waals surface area contributed by atoms with Gasteiger partial charge >= 0.3 is 5.97 Å². The molecule has 4 unspecified atom stereocenters. The maximum atomic E-state index is 14.2. The molecule has 0 aliphatic heterocycles. The molecule has 3 aromatic carbocycles. The Kier molecular flexibility index (Phi) is 12.0. The number of rotatable bonds is 17. The van der Waals surface area contributed by atoms with E-state index < -0.39 is 47.9 Å². The molecule has 14 heteroatoms. The van der Waals surface area contributed by atoms with E-state index >= 15 is 0 Å². The molecule has 14 nitrogen and oxygen atoms in total. The molecule has 0 saturated heterocycles. The zero-order valence-corrected chi connectivity index (χ0v) is 28.0. The number of carboxylic acids is 1. The van der Waals surface area contributed by atoms with Crippen LogP contribution in [0.3, 0.4) is 0 Å². The van der Waals surface area contributed by atoms with Gasteiger partial charge < -0.3 is 48.2 Å². The summed E-state index contributed by atoms with van der Waals surface area (Å²) in [6, 6.07) is 19.4. The maximum Gasteiger partial charge on any atom is 0.326 e. The predicted octanol–water partition coefficient (Wildman–Crippen LogP) is 1.60. The highest BCUT2D eigenvalue weighted by Crippen LogP contribution is 2.21. The van der Waals surface area contributed by atoms with Crippen LogP contribution in [0.4, 0.5) is 0 Å². The van der Waals surface area contributed by atoms with Gasteiger partial charge in [0.1, 0.15) is 18.1 Å². The van der Waals surface area contributed by atoms with E-state index in [1.54, 1.807) is 36.7 Å². The van der Waals surface area contributed by atoms with Crippen molar-refractivity contribution in [2.75, 3.05) is 6.54 Å². The average Bonchev–Trinajstić information content (AvgIpc) is 3.73. The number of carboxylic acid groups (broad SMARTS) is 1. The Morgan fingerprint density at radius 2 is 1.16 bits per heavy atom. The van der Waals surface area contributed by atoms with E-state index in [1.165, 1.54) is 0 Å². The number of nitrogens with zero attached hydrogens (tertiary/aromatic N) is 1. The van der Waals surface area contributed by atoms with Crippen molar-refractivity contribution in [3.05, 3.63) is 108 Å². The standard InChI is InChI=1S/C37H43N9O5/c38-27(13-8-16-41-37(39)40)33(47)44-30(18-23-20-42-28-14-6-4-11-25(23)28)34(48)45-31(19-24-21-43-29-15-7-5-12-26(24)29)35(49)46-32(36(50)51)17-22-9-2-1-3-10-22/h1-7,9-12,14-15,20-21,27,30-32,42-43H,8,13,16-19,38H2,(H,44,47)(H,45,48)(H,46,49)(H,50,51)(H4,39,40,41). The summed E-state index contributed by atoms with van der Waals surface area (Å²) in [6.07, 6.45) is 4.37. The van der Waals surface area contributed by atoms with Crippen LogP contribution in [0.5, 0.6) is 0 Å². The fourth-order valence-electron chi connectivity index (χ4n) is 5.98. The van der Waals surface area contributed by atoms with Gasteiger partial charge in [0.25, 0.3) is 0 Å². The Balaban J connectivity index is 1.41. The number of aliphatic imine (C=N–C) groups is 1. The molecule has 0 fully saturated rings. The average molecular weight is 694 g/mol. The number of aromatic amines is 2. The van der Waals surface area contributed by atoms with Gasteiger partial charge in [-0.25, -0.2) is 4.79 Å². The molecule has 5 rings (SSSR count). The van der Waals surface area contributed by atoms with E-state index in [4.69, 9.17) is 17.2 Å². The lowest BCUT2D eigenvalue weighted by Gasteiger charge is -2.25. The Bertz CT molecular complexity index is 2000. The van der Waals surface area contributed by atoms with Gasteiger partial charge in [-0.1, -0.05) is 66.7 Å². The smallest absolute Gasteiger partial charge is 0.326 e. The third kappa shape index (κ3) is 9.73. The number of aromatic nitrogens is 2. The minimum Gasteiger partial charge on any atom is -0.480 e. The van der Waals surface area contributed by atoms with Gasteiger partial charge in [-0.2, -0.15) is 0 Å². The van der Waals surface area contributed by atoms with Crippen LogP contribution in [0.25, 0.3) is 21.8 Å². The minimum absolute atomic E-state index is 0.0377. The molecule has 0 aliphatic carbocycles. The third-order valence-corrected chi connectivity index (χ3v) is 8.67. The summed E-state index contributed by atoms with van der Waals surface area (Å²) < 4.78 is 0. The quantitative estimate of drug-likeness (QED) is 0.0392. The number of carbonyl (C=O) groups excluding carboxylic acids is 3. The van der Waals surface area contributed by atoms with E-state index in [0.717, 1.165) is 38.5 Å². The zero-order valence-electron chi connectivity index (χ0n) is 28.0. The molecular weight excluding hydrogens is 650 g/mol. The first-order valence-corrected chi connectivity index (χ1v) is 16.7. The van der Waals surface area contributed by atoms with Gasteiger partial charge in [0.2, 0.25) is 17.7 Å². The van der Waals surface area contributed by atoms with E-state index in [2.05, 4.69) is 30.9 Å². The van der Waals surface area contributed by atoms with E-state index in [1.807, 2.05) is 54.6 Å². The third-order valence-electron chi connectivity index (χ3n) is 8.67.